The van der Waals surface area contributed by atoms with Crippen LogP contribution >= 0.6 is 27.3 Å². The lowest BCUT2D eigenvalue weighted by Crippen LogP contribution is -2.29. The fraction of sp³-hybridized carbons (Fsp3) is 0.154. The van der Waals surface area contributed by atoms with Crippen molar-refractivity contribution in [3.63, 3.8) is 0 Å². The van der Waals surface area contributed by atoms with Crippen LogP contribution in [-0.2, 0) is 6.42 Å². The highest BCUT2D eigenvalue weighted by atomic mass is 79.9. The molecule has 1 aliphatic rings. The number of halogens is 1. The standard InChI is InChI=1S/C13H11BrN2OS/c14-11-6-9(7-18-11)13(17)16-5-4-8-2-1-3-10(15)12(8)16/h1-3,6-7H,4-5,15H2. The van der Waals surface area contributed by atoms with Crippen molar-refractivity contribution < 1.29 is 4.79 Å². The quantitative estimate of drug-likeness (QED) is 0.819. The maximum absolute atomic E-state index is 12.4. The van der Waals surface area contributed by atoms with Crippen molar-refractivity contribution in [2.45, 2.75) is 6.42 Å². The first kappa shape index (κ1) is 11.7. The zero-order valence-electron chi connectivity index (χ0n) is 9.52. The number of hydrogen-bond donors (Lipinski definition) is 1. The van der Waals surface area contributed by atoms with Gasteiger partial charge in [0, 0.05) is 11.9 Å². The molecule has 0 bridgehead atoms. The second-order valence-corrected chi connectivity index (χ2v) is 6.49. The Kier molecular flexibility index (Phi) is 2.87. The van der Waals surface area contributed by atoms with Crippen LogP contribution in [0, 0.1) is 0 Å². The van der Waals surface area contributed by atoms with Gasteiger partial charge in [0.25, 0.3) is 5.91 Å². The van der Waals surface area contributed by atoms with Crippen molar-refractivity contribution in [2.24, 2.45) is 0 Å². The Balaban J connectivity index is 2.00. The molecule has 2 aromatic rings. The Morgan fingerprint density at radius 1 is 1.44 bits per heavy atom. The van der Waals surface area contributed by atoms with Crippen LogP contribution in [-0.4, -0.2) is 12.5 Å². The third kappa shape index (κ3) is 1.83. The number of benzene rings is 1. The van der Waals surface area contributed by atoms with Crippen molar-refractivity contribution >= 4 is 44.5 Å². The molecule has 2 N–H and O–H groups in total. The Morgan fingerprint density at radius 3 is 3.00 bits per heavy atom. The van der Waals surface area contributed by atoms with Crippen molar-refractivity contribution in [2.75, 3.05) is 17.2 Å². The largest absolute Gasteiger partial charge is 0.397 e. The second-order valence-electron chi connectivity index (χ2n) is 4.20. The van der Waals surface area contributed by atoms with Crippen molar-refractivity contribution in [3.05, 3.63) is 44.6 Å². The van der Waals surface area contributed by atoms with Crippen LogP contribution < -0.4 is 10.6 Å². The molecule has 0 fully saturated rings. The van der Waals surface area contributed by atoms with Gasteiger partial charge in [-0.05, 0) is 40.0 Å². The molecule has 1 aromatic heterocycles. The number of amides is 1. The zero-order chi connectivity index (χ0) is 12.7. The fourth-order valence-corrected chi connectivity index (χ4v) is 3.40. The summed E-state index contributed by atoms with van der Waals surface area (Å²) in [4.78, 5) is 14.2. The number of nitrogen functional groups attached to an aromatic ring is 1. The first-order valence-electron chi connectivity index (χ1n) is 5.60. The van der Waals surface area contributed by atoms with Gasteiger partial charge in [-0.3, -0.25) is 4.79 Å². The first-order valence-corrected chi connectivity index (χ1v) is 7.27. The second kappa shape index (κ2) is 4.40. The van der Waals surface area contributed by atoms with E-state index in [-0.39, 0.29) is 5.91 Å². The lowest BCUT2D eigenvalue weighted by Gasteiger charge is -2.18. The number of anilines is 2. The number of carbonyl (C=O) groups is 1. The van der Waals surface area contributed by atoms with Gasteiger partial charge in [0.1, 0.15) is 0 Å². The molecule has 1 aromatic carbocycles. The molecule has 5 heteroatoms. The van der Waals surface area contributed by atoms with E-state index < -0.39 is 0 Å². The molecule has 1 aliphatic heterocycles. The van der Waals surface area contributed by atoms with E-state index in [9.17, 15) is 4.79 Å². The number of hydrogen-bond acceptors (Lipinski definition) is 3. The van der Waals surface area contributed by atoms with Crippen LogP contribution in [0.5, 0.6) is 0 Å². The van der Waals surface area contributed by atoms with E-state index in [1.54, 1.807) is 4.90 Å². The van der Waals surface area contributed by atoms with Crippen LogP contribution in [0.25, 0.3) is 0 Å². The van der Waals surface area contributed by atoms with Crippen LogP contribution in [0.15, 0.2) is 33.4 Å². The lowest BCUT2D eigenvalue weighted by molar-refractivity contribution is 0.0990. The van der Waals surface area contributed by atoms with E-state index in [0.717, 1.165) is 21.5 Å². The van der Waals surface area contributed by atoms with Gasteiger partial charge in [0.15, 0.2) is 0 Å². The van der Waals surface area contributed by atoms with Crippen LogP contribution in [0.1, 0.15) is 15.9 Å². The topological polar surface area (TPSA) is 46.3 Å². The minimum Gasteiger partial charge on any atom is -0.397 e. The molecule has 92 valence electrons. The predicted molar refractivity (Wildman–Crippen MR) is 78.3 cm³/mol. The van der Waals surface area contributed by atoms with Gasteiger partial charge in [0.05, 0.1) is 20.7 Å². The summed E-state index contributed by atoms with van der Waals surface area (Å²) in [5, 5.41) is 1.86. The molecular weight excluding hydrogens is 312 g/mol. The highest BCUT2D eigenvalue weighted by Crippen LogP contribution is 2.35. The highest BCUT2D eigenvalue weighted by molar-refractivity contribution is 9.11. The Labute approximate surface area is 117 Å². The number of thiophene rings is 1. The van der Waals surface area contributed by atoms with E-state index in [1.165, 1.54) is 11.3 Å². The Hall–Kier alpha value is -1.33. The third-order valence-corrected chi connectivity index (χ3v) is 4.59. The maximum atomic E-state index is 12.4. The summed E-state index contributed by atoms with van der Waals surface area (Å²) in [7, 11) is 0. The first-order chi connectivity index (χ1) is 8.66. The van der Waals surface area contributed by atoms with E-state index in [1.807, 2.05) is 29.6 Å². The molecule has 0 aliphatic carbocycles. The molecule has 18 heavy (non-hydrogen) atoms. The summed E-state index contributed by atoms with van der Waals surface area (Å²) < 4.78 is 0.964. The van der Waals surface area contributed by atoms with Gasteiger partial charge >= 0.3 is 0 Å². The summed E-state index contributed by atoms with van der Waals surface area (Å²) in [5.41, 5.74) is 9.40. The number of carbonyl (C=O) groups excluding carboxylic acids is 1. The normalized spacial score (nSPS) is 13.7. The highest BCUT2D eigenvalue weighted by Gasteiger charge is 2.27. The number of para-hydroxylation sites is 1. The zero-order valence-corrected chi connectivity index (χ0v) is 11.9. The molecule has 0 atom stereocenters. The molecule has 3 rings (SSSR count). The minimum atomic E-state index is 0.0219. The molecule has 0 spiro atoms. The lowest BCUT2D eigenvalue weighted by atomic mass is 10.1. The van der Waals surface area contributed by atoms with Gasteiger partial charge in [-0.1, -0.05) is 12.1 Å². The Morgan fingerprint density at radius 2 is 2.28 bits per heavy atom. The summed E-state index contributed by atoms with van der Waals surface area (Å²) >= 11 is 4.89. The molecule has 1 amide bonds. The van der Waals surface area contributed by atoms with Gasteiger partial charge in [0.2, 0.25) is 0 Å². The number of nitrogens with two attached hydrogens (primary N) is 1. The summed E-state index contributed by atoms with van der Waals surface area (Å²) in [5.74, 6) is 0.0219. The van der Waals surface area contributed by atoms with E-state index in [4.69, 9.17) is 5.73 Å². The molecular formula is C13H11BrN2OS. The SMILES string of the molecule is Nc1cccc2c1N(C(=O)c1csc(Br)c1)CC2. The summed E-state index contributed by atoms with van der Waals surface area (Å²) in [6, 6.07) is 7.66. The predicted octanol–water partition coefficient (Wildman–Crippen LogP) is 3.30. The van der Waals surface area contributed by atoms with Crippen molar-refractivity contribution in [1.82, 2.24) is 0 Å². The summed E-state index contributed by atoms with van der Waals surface area (Å²) in [6.45, 7) is 0.704. The van der Waals surface area contributed by atoms with Gasteiger partial charge in [-0.15, -0.1) is 11.3 Å². The number of nitrogens with zero attached hydrogens (tertiary/aromatic N) is 1. The minimum absolute atomic E-state index is 0.0219. The molecule has 0 radical (unpaired) electrons. The Bertz CT molecular complexity index is 623. The number of rotatable bonds is 1. The van der Waals surface area contributed by atoms with E-state index in [0.29, 0.717) is 17.8 Å². The van der Waals surface area contributed by atoms with E-state index in [2.05, 4.69) is 15.9 Å². The van der Waals surface area contributed by atoms with Crippen LogP contribution in [0.4, 0.5) is 11.4 Å². The van der Waals surface area contributed by atoms with E-state index >= 15 is 0 Å². The van der Waals surface area contributed by atoms with Gasteiger partial charge in [-0.25, -0.2) is 0 Å². The fourth-order valence-electron chi connectivity index (χ4n) is 2.27. The van der Waals surface area contributed by atoms with Crippen molar-refractivity contribution in [1.29, 1.82) is 0 Å². The summed E-state index contributed by atoms with van der Waals surface area (Å²) in [6.07, 6.45) is 0.872. The molecule has 2 heterocycles. The van der Waals surface area contributed by atoms with Crippen LogP contribution in [0.3, 0.4) is 0 Å². The third-order valence-electron chi connectivity index (χ3n) is 3.09. The van der Waals surface area contributed by atoms with Gasteiger partial charge in [-0.2, -0.15) is 0 Å². The van der Waals surface area contributed by atoms with Crippen LogP contribution in [0.2, 0.25) is 0 Å². The van der Waals surface area contributed by atoms with Crippen molar-refractivity contribution in [3.8, 4) is 0 Å². The van der Waals surface area contributed by atoms with Gasteiger partial charge < -0.3 is 10.6 Å². The monoisotopic (exact) mass is 322 g/mol. The average molecular weight is 323 g/mol. The maximum Gasteiger partial charge on any atom is 0.259 e. The molecule has 3 nitrogen and oxygen atoms in total. The smallest absolute Gasteiger partial charge is 0.259 e. The molecule has 0 unspecified atom stereocenters. The number of fused-ring (bicyclic) bond motifs is 1. The molecule has 0 saturated heterocycles. The average Bonchev–Trinajstić information content (AvgIpc) is 2.95. The molecule has 0 saturated carbocycles.